The molecular formula is C20H15F2IN2O2S. The first-order valence-corrected chi connectivity index (χ1v) is 10.3. The number of benzene rings is 2. The van der Waals surface area contributed by atoms with Gasteiger partial charge in [-0.1, -0.05) is 36.0 Å². The molecule has 3 aromatic rings. The molecule has 144 valence electrons. The Bertz CT molecular complexity index is 1060. The molecule has 0 saturated heterocycles. The molecule has 0 aliphatic heterocycles. The van der Waals surface area contributed by atoms with E-state index in [4.69, 9.17) is 0 Å². The lowest BCUT2D eigenvalue weighted by atomic mass is 10.1. The quantitative estimate of drug-likeness (QED) is 0.225. The van der Waals surface area contributed by atoms with Crippen LogP contribution in [0.4, 0.5) is 8.78 Å². The number of nitrogens with zero attached hydrogens (tertiary/aromatic N) is 1. The van der Waals surface area contributed by atoms with Crippen molar-refractivity contribution in [1.82, 2.24) is 9.97 Å². The van der Waals surface area contributed by atoms with E-state index in [0.29, 0.717) is 31.3 Å². The molecule has 0 atom stereocenters. The molecule has 0 saturated carbocycles. The van der Waals surface area contributed by atoms with Gasteiger partial charge < -0.3 is 4.98 Å². The maximum atomic E-state index is 13.4. The van der Waals surface area contributed by atoms with E-state index in [1.165, 1.54) is 30.8 Å². The van der Waals surface area contributed by atoms with Gasteiger partial charge in [0.05, 0.1) is 5.69 Å². The fraction of sp³-hybridized carbons (Fsp3) is 0.150. The van der Waals surface area contributed by atoms with Gasteiger partial charge in [-0.15, -0.1) is 0 Å². The largest absolute Gasteiger partial charge is 0.301 e. The zero-order chi connectivity index (χ0) is 20.3. The third kappa shape index (κ3) is 5.26. The highest BCUT2D eigenvalue weighted by Crippen LogP contribution is 2.21. The number of halogens is 3. The molecule has 0 aliphatic rings. The molecule has 4 nitrogen and oxygen atoms in total. The van der Waals surface area contributed by atoms with Crippen molar-refractivity contribution in [3.63, 3.8) is 0 Å². The molecule has 1 N–H and O–H groups in total. The molecular weight excluding hydrogens is 497 g/mol. The predicted octanol–water partition coefficient (Wildman–Crippen LogP) is 4.74. The number of H-pyrrole nitrogens is 1. The highest BCUT2D eigenvalue weighted by Gasteiger charge is 2.12. The van der Waals surface area contributed by atoms with Gasteiger partial charge in [0, 0.05) is 23.8 Å². The molecule has 3 rings (SSSR count). The van der Waals surface area contributed by atoms with Gasteiger partial charge in [0.1, 0.15) is 15.2 Å². The van der Waals surface area contributed by atoms with Crippen LogP contribution in [0.3, 0.4) is 0 Å². The normalized spacial score (nSPS) is 10.9. The molecule has 0 fully saturated rings. The van der Waals surface area contributed by atoms with Gasteiger partial charge >= 0.3 is 0 Å². The minimum absolute atomic E-state index is 0.00117. The van der Waals surface area contributed by atoms with E-state index < -0.39 is 11.6 Å². The summed E-state index contributed by atoms with van der Waals surface area (Å²) in [6.07, 6.45) is 0.151. The van der Waals surface area contributed by atoms with E-state index in [2.05, 4.69) is 9.97 Å². The molecule has 1 aromatic heterocycles. The molecule has 8 heteroatoms. The van der Waals surface area contributed by atoms with Crippen LogP contribution in [0.1, 0.15) is 34.1 Å². The van der Waals surface area contributed by atoms with Crippen LogP contribution in [0.5, 0.6) is 0 Å². The molecule has 0 spiro atoms. The van der Waals surface area contributed by atoms with Crippen molar-refractivity contribution >= 4 is 40.1 Å². The fourth-order valence-electron chi connectivity index (χ4n) is 2.56. The monoisotopic (exact) mass is 512 g/mol. The van der Waals surface area contributed by atoms with Crippen LogP contribution in [0.25, 0.3) is 0 Å². The predicted molar refractivity (Wildman–Crippen MR) is 113 cm³/mol. The average Bonchev–Trinajstić information content (AvgIpc) is 2.63. The highest BCUT2D eigenvalue weighted by molar-refractivity contribution is 14.1. The first-order chi connectivity index (χ1) is 13.3. The minimum atomic E-state index is -0.668. The van der Waals surface area contributed by atoms with Crippen molar-refractivity contribution in [2.24, 2.45) is 0 Å². The number of aromatic amines is 1. The number of ketones is 1. The van der Waals surface area contributed by atoms with Crippen LogP contribution in [-0.4, -0.2) is 15.8 Å². The van der Waals surface area contributed by atoms with Gasteiger partial charge in [-0.25, -0.2) is 13.8 Å². The lowest BCUT2D eigenvalue weighted by Crippen LogP contribution is -2.16. The van der Waals surface area contributed by atoms with Crippen LogP contribution < -0.4 is 5.56 Å². The SMILES string of the molecule is CC(=O)c1ccc(CSc2nc(Cc3cc(F)cc(F)c3)c(I)c(=O)[nH]2)cc1. The first-order valence-electron chi connectivity index (χ1n) is 8.28. The van der Waals surface area contributed by atoms with Crippen molar-refractivity contribution in [3.8, 4) is 0 Å². The second-order valence-electron chi connectivity index (χ2n) is 6.13. The Morgan fingerprint density at radius 2 is 1.75 bits per heavy atom. The number of hydrogen-bond donors (Lipinski definition) is 1. The Morgan fingerprint density at radius 1 is 1.11 bits per heavy atom. The van der Waals surface area contributed by atoms with Gasteiger partial charge in [-0.3, -0.25) is 9.59 Å². The molecule has 28 heavy (non-hydrogen) atoms. The number of rotatable bonds is 6. The van der Waals surface area contributed by atoms with Crippen molar-refractivity contribution < 1.29 is 13.6 Å². The van der Waals surface area contributed by atoms with Crippen LogP contribution in [0, 0.1) is 15.2 Å². The van der Waals surface area contributed by atoms with E-state index >= 15 is 0 Å². The van der Waals surface area contributed by atoms with E-state index in [0.717, 1.165) is 11.6 Å². The van der Waals surface area contributed by atoms with E-state index in [-0.39, 0.29) is 17.8 Å². The number of thioether (sulfide) groups is 1. The fourth-order valence-corrected chi connectivity index (χ4v) is 3.84. The maximum absolute atomic E-state index is 13.4. The van der Waals surface area contributed by atoms with Gasteiger partial charge in [0.15, 0.2) is 10.9 Å². The summed E-state index contributed by atoms with van der Waals surface area (Å²) in [6, 6.07) is 10.5. The number of Topliss-reactive ketones (excluding diaryl/α,β-unsaturated/α-hetero) is 1. The summed E-state index contributed by atoms with van der Waals surface area (Å²) in [5.74, 6) is -0.784. The van der Waals surface area contributed by atoms with Crippen LogP contribution in [0.2, 0.25) is 0 Å². The Morgan fingerprint density at radius 3 is 2.36 bits per heavy atom. The Hall–Kier alpha value is -2.07. The number of hydrogen-bond acceptors (Lipinski definition) is 4. The molecule has 0 bridgehead atoms. The van der Waals surface area contributed by atoms with E-state index in [1.807, 2.05) is 34.7 Å². The zero-order valence-electron chi connectivity index (χ0n) is 14.8. The van der Waals surface area contributed by atoms with Crippen molar-refractivity contribution in [2.45, 2.75) is 24.3 Å². The number of carbonyl (C=O) groups is 1. The summed E-state index contributed by atoms with van der Waals surface area (Å²) in [6.45, 7) is 1.51. The summed E-state index contributed by atoms with van der Waals surface area (Å²) in [5, 5.41) is 0.424. The van der Waals surface area contributed by atoms with Gasteiger partial charge in [-0.05, 0) is 52.8 Å². The maximum Gasteiger partial charge on any atom is 0.265 e. The van der Waals surface area contributed by atoms with E-state index in [1.54, 1.807) is 12.1 Å². The molecule has 0 amide bonds. The van der Waals surface area contributed by atoms with Gasteiger partial charge in [-0.2, -0.15) is 0 Å². The molecule has 0 aliphatic carbocycles. The summed E-state index contributed by atoms with van der Waals surface area (Å²) in [5.41, 5.74) is 2.19. The van der Waals surface area contributed by atoms with Crippen LogP contribution in [0.15, 0.2) is 52.4 Å². The minimum Gasteiger partial charge on any atom is -0.301 e. The second kappa shape index (κ2) is 8.95. The Balaban J connectivity index is 1.79. The zero-order valence-corrected chi connectivity index (χ0v) is 17.7. The smallest absolute Gasteiger partial charge is 0.265 e. The van der Waals surface area contributed by atoms with Gasteiger partial charge in [0.25, 0.3) is 5.56 Å². The Kier molecular flexibility index (Phi) is 6.61. The number of aromatic nitrogens is 2. The lowest BCUT2D eigenvalue weighted by Gasteiger charge is -2.08. The second-order valence-corrected chi connectivity index (χ2v) is 8.17. The summed E-state index contributed by atoms with van der Waals surface area (Å²) >= 11 is 3.22. The van der Waals surface area contributed by atoms with Crippen molar-refractivity contribution in [2.75, 3.05) is 0 Å². The lowest BCUT2D eigenvalue weighted by molar-refractivity contribution is 0.101. The third-order valence-corrected chi connectivity index (χ3v) is 6.00. The summed E-state index contributed by atoms with van der Waals surface area (Å²) in [7, 11) is 0. The van der Waals surface area contributed by atoms with Crippen molar-refractivity contribution in [1.29, 1.82) is 0 Å². The Labute approximate surface area is 177 Å². The molecule has 0 unspecified atom stereocenters. The van der Waals surface area contributed by atoms with Crippen molar-refractivity contribution in [3.05, 3.63) is 90.4 Å². The van der Waals surface area contributed by atoms with Crippen LogP contribution in [-0.2, 0) is 12.2 Å². The number of carbonyl (C=O) groups excluding carboxylic acids is 1. The molecule has 2 aromatic carbocycles. The standard InChI is InChI=1S/C20H15F2IN2O2S/c1-11(26)14-4-2-12(3-5-14)10-28-20-24-17(18(23)19(27)25-20)8-13-6-15(21)9-16(22)7-13/h2-7,9H,8,10H2,1H3,(H,24,25,27). The number of nitrogens with one attached hydrogen (secondary N) is 1. The topological polar surface area (TPSA) is 62.8 Å². The third-order valence-electron chi connectivity index (χ3n) is 3.94. The highest BCUT2D eigenvalue weighted by atomic mass is 127. The average molecular weight is 512 g/mol. The van der Waals surface area contributed by atoms with Gasteiger partial charge in [0.2, 0.25) is 0 Å². The molecule has 0 radical (unpaired) electrons. The van der Waals surface area contributed by atoms with Crippen LogP contribution >= 0.6 is 34.4 Å². The summed E-state index contributed by atoms with van der Waals surface area (Å²) in [4.78, 5) is 30.7. The first kappa shape index (κ1) is 20.7. The van der Waals surface area contributed by atoms with E-state index in [9.17, 15) is 18.4 Å². The molecule has 1 heterocycles. The summed E-state index contributed by atoms with van der Waals surface area (Å²) < 4.78 is 27.2.